The van der Waals surface area contributed by atoms with Crippen LogP contribution < -0.4 is 5.73 Å². The van der Waals surface area contributed by atoms with E-state index in [-0.39, 0.29) is 11.0 Å². The van der Waals surface area contributed by atoms with Gasteiger partial charge in [0.25, 0.3) is 0 Å². The normalized spacial score (nSPS) is 17.8. The molecule has 22 heavy (non-hydrogen) atoms. The third-order valence-corrected chi connectivity index (χ3v) is 5.74. The van der Waals surface area contributed by atoms with Crippen molar-refractivity contribution in [2.75, 3.05) is 26.2 Å². The number of sulfonamides is 1. The molecule has 0 spiro atoms. The molecule has 124 valence electrons. The van der Waals surface area contributed by atoms with Gasteiger partial charge in [0.2, 0.25) is 10.0 Å². The Kier molecular flexibility index (Phi) is 5.91. The lowest BCUT2D eigenvalue weighted by molar-refractivity contribution is 0.0208. The predicted molar refractivity (Wildman–Crippen MR) is 82.5 cm³/mol. The van der Waals surface area contributed by atoms with Crippen molar-refractivity contribution in [2.24, 2.45) is 5.73 Å². The van der Waals surface area contributed by atoms with Crippen molar-refractivity contribution in [3.05, 3.63) is 29.6 Å². The third-order valence-electron chi connectivity index (χ3n) is 3.81. The smallest absolute Gasteiger partial charge is 0.245 e. The van der Waals surface area contributed by atoms with Crippen LogP contribution in [0.4, 0.5) is 4.39 Å². The minimum Gasteiger partial charge on any atom is -0.378 e. The van der Waals surface area contributed by atoms with Crippen LogP contribution in [0, 0.1) is 12.7 Å². The van der Waals surface area contributed by atoms with E-state index in [2.05, 4.69) is 0 Å². The van der Waals surface area contributed by atoms with Crippen LogP contribution in [0.25, 0.3) is 0 Å². The SMILES string of the molecule is Cc1ccc(S(=O)(=O)N2CCC(OCCCN)CC2)c(F)c1. The molecule has 0 aliphatic carbocycles. The molecular formula is C15H23FN2O3S. The summed E-state index contributed by atoms with van der Waals surface area (Å²) in [6.07, 6.45) is 2.10. The van der Waals surface area contributed by atoms with E-state index >= 15 is 0 Å². The van der Waals surface area contributed by atoms with Gasteiger partial charge in [-0.3, -0.25) is 0 Å². The lowest BCUT2D eigenvalue weighted by Crippen LogP contribution is -2.41. The van der Waals surface area contributed by atoms with Crippen LogP contribution in [-0.2, 0) is 14.8 Å². The number of benzene rings is 1. The molecule has 5 nitrogen and oxygen atoms in total. The standard InChI is InChI=1S/C15H23FN2O3S/c1-12-3-4-15(14(16)11-12)22(19,20)18-8-5-13(6-9-18)21-10-2-7-17/h3-4,11,13H,2,5-10,17H2,1H3. The van der Waals surface area contributed by atoms with Crippen molar-refractivity contribution in [1.29, 1.82) is 0 Å². The van der Waals surface area contributed by atoms with Crippen molar-refractivity contribution in [3.63, 3.8) is 0 Å². The molecule has 0 saturated carbocycles. The van der Waals surface area contributed by atoms with Crippen molar-refractivity contribution < 1.29 is 17.5 Å². The van der Waals surface area contributed by atoms with Gasteiger partial charge in [-0.2, -0.15) is 4.31 Å². The first-order valence-corrected chi connectivity index (χ1v) is 8.97. The second-order valence-corrected chi connectivity index (χ2v) is 7.46. The highest BCUT2D eigenvalue weighted by atomic mass is 32.2. The number of rotatable bonds is 6. The summed E-state index contributed by atoms with van der Waals surface area (Å²) >= 11 is 0. The largest absolute Gasteiger partial charge is 0.378 e. The van der Waals surface area contributed by atoms with Gasteiger partial charge in [-0.15, -0.1) is 0 Å². The van der Waals surface area contributed by atoms with Crippen LogP contribution in [0.5, 0.6) is 0 Å². The number of piperidine rings is 1. The van der Waals surface area contributed by atoms with E-state index in [1.807, 2.05) is 0 Å². The van der Waals surface area contributed by atoms with Gasteiger partial charge in [0.1, 0.15) is 10.7 Å². The Morgan fingerprint density at radius 2 is 2.05 bits per heavy atom. The van der Waals surface area contributed by atoms with Gasteiger partial charge in [0, 0.05) is 19.7 Å². The van der Waals surface area contributed by atoms with E-state index in [0.717, 1.165) is 6.42 Å². The second kappa shape index (κ2) is 7.50. The number of ether oxygens (including phenoxy) is 1. The summed E-state index contributed by atoms with van der Waals surface area (Å²) in [6.45, 7) is 3.61. The Morgan fingerprint density at radius 3 is 2.64 bits per heavy atom. The van der Waals surface area contributed by atoms with Gasteiger partial charge >= 0.3 is 0 Å². The molecule has 1 heterocycles. The van der Waals surface area contributed by atoms with Gasteiger partial charge in [0.05, 0.1) is 6.10 Å². The number of halogens is 1. The van der Waals surface area contributed by atoms with Gasteiger partial charge in [-0.25, -0.2) is 12.8 Å². The van der Waals surface area contributed by atoms with Crippen molar-refractivity contribution in [1.82, 2.24) is 4.31 Å². The topological polar surface area (TPSA) is 72.6 Å². The molecule has 1 aromatic carbocycles. The first-order chi connectivity index (χ1) is 10.4. The zero-order valence-electron chi connectivity index (χ0n) is 12.8. The van der Waals surface area contributed by atoms with Crippen LogP contribution >= 0.6 is 0 Å². The zero-order chi connectivity index (χ0) is 16.2. The Balaban J connectivity index is 2.00. The zero-order valence-corrected chi connectivity index (χ0v) is 13.6. The predicted octanol–water partition coefficient (Wildman–Crippen LogP) is 1.65. The van der Waals surface area contributed by atoms with Crippen LogP contribution in [0.3, 0.4) is 0 Å². The summed E-state index contributed by atoms with van der Waals surface area (Å²) in [6, 6.07) is 4.19. The third kappa shape index (κ3) is 4.04. The number of aryl methyl sites for hydroxylation is 1. The maximum absolute atomic E-state index is 13.9. The highest BCUT2D eigenvalue weighted by Gasteiger charge is 2.31. The van der Waals surface area contributed by atoms with Crippen LogP contribution in [0.2, 0.25) is 0 Å². The van der Waals surface area contributed by atoms with Gasteiger partial charge in [-0.05, 0) is 50.4 Å². The molecule has 1 fully saturated rings. The lowest BCUT2D eigenvalue weighted by atomic mass is 10.1. The highest BCUT2D eigenvalue weighted by molar-refractivity contribution is 7.89. The molecule has 7 heteroatoms. The Hall–Kier alpha value is -1.02. The molecule has 2 rings (SSSR count). The minimum absolute atomic E-state index is 0.0564. The summed E-state index contributed by atoms with van der Waals surface area (Å²) in [5, 5.41) is 0. The summed E-state index contributed by atoms with van der Waals surface area (Å²) in [5.74, 6) is -0.693. The maximum atomic E-state index is 13.9. The molecule has 0 aromatic heterocycles. The summed E-state index contributed by atoms with van der Waals surface area (Å²) < 4.78 is 46.0. The summed E-state index contributed by atoms with van der Waals surface area (Å²) in [7, 11) is -3.78. The Morgan fingerprint density at radius 1 is 1.36 bits per heavy atom. The number of nitrogens with two attached hydrogens (primary N) is 1. The second-order valence-electron chi connectivity index (χ2n) is 5.55. The quantitative estimate of drug-likeness (QED) is 0.805. The van der Waals surface area contributed by atoms with Crippen molar-refractivity contribution in [3.8, 4) is 0 Å². The molecule has 2 N–H and O–H groups in total. The molecule has 0 radical (unpaired) electrons. The fourth-order valence-electron chi connectivity index (χ4n) is 2.53. The van der Waals surface area contributed by atoms with E-state index in [1.165, 1.54) is 16.4 Å². The Labute approximate surface area is 131 Å². The minimum atomic E-state index is -3.78. The highest BCUT2D eigenvalue weighted by Crippen LogP contribution is 2.24. The summed E-state index contributed by atoms with van der Waals surface area (Å²) in [4.78, 5) is -0.249. The van der Waals surface area contributed by atoms with E-state index in [0.29, 0.717) is 44.6 Å². The molecule has 1 saturated heterocycles. The molecule has 1 aliphatic rings. The van der Waals surface area contributed by atoms with Crippen LogP contribution in [0.15, 0.2) is 23.1 Å². The van der Waals surface area contributed by atoms with Gasteiger partial charge in [0.15, 0.2) is 0 Å². The lowest BCUT2D eigenvalue weighted by Gasteiger charge is -2.31. The van der Waals surface area contributed by atoms with Crippen molar-refractivity contribution in [2.45, 2.75) is 37.2 Å². The van der Waals surface area contributed by atoms with E-state index in [1.54, 1.807) is 13.0 Å². The molecule has 0 atom stereocenters. The van der Waals surface area contributed by atoms with Gasteiger partial charge < -0.3 is 10.5 Å². The average Bonchev–Trinajstić information content (AvgIpc) is 2.47. The Bertz CT molecular complexity index is 599. The number of nitrogens with zero attached hydrogens (tertiary/aromatic N) is 1. The first-order valence-electron chi connectivity index (χ1n) is 7.53. The average molecular weight is 330 g/mol. The molecule has 0 bridgehead atoms. The van der Waals surface area contributed by atoms with E-state index in [4.69, 9.17) is 10.5 Å². The van der Waals surface area contributed by atoms with Crippen molar-refractivity contribution >= 4 is 10.0 Å². The molecular weight excluding hydrogens is 307 g/mol. The molecule has 0 unspecified atom stereocenters. The summed E-state index contributed by atoms with van der Waals surface area (Å²) in [5.41, 5.74) is 6.11. The monoisotopic (exact) mass is 330 g/mol. The van der Waals surface area contributed by atoms with E-state index < -0.39 is 15.8 Å². The number of hydrogen-bond acceptors (Lipinski definition) is 4. The van der Waals surface area contributed by atoms with E-state index in [9.17, 15) is 12.8 Å². The molecule has 1 aromatic rings. The first kappa shape index (κ1) is 17.3. The molecule has 0 amide bonds. The van der Waals surface area contributed by atoms with Crippen LogP contribution in [0.1, 0.15) is 24.8 Å². The fraction of sp³-hybridized carbons (Fsp3) is 0.600. The number of hydrogen-bond donors (Lipinski definition) is 1. The maximum Gasteiger partial charge on any atom is 0.245 e. The van der Waals surface area contributed by atoms with Gasteiger partial charge in [-0.1, -0.05) is 6.07 Å². The molecule has 1 aliphatic heterocycles. The van der Waals surface area contributed by atoms with Crippen LogP contribution in [-0.4, -0.2) is 45.1 Å². The fourth-order valence-corrected chi connectivity index (χ4v) is 4.04.